The van der Waals surface area contributed by atoms with Crippen molar-refractivity contribution in [2.45, 2.75) is 6.61 Å². The van der Waals surface area contributed by atoms with Crippen LogP contribution in [0.2, 0.25) is 5.02 Å². The third-order valence-corrected chi connectivity index (χ3v) is 4.28. The zero-order valence-corrected chi connectivity index (χ0v) is 17.1. The molecule has 154 valence electrons. The smallest absolute Gasteiger partial charge is 0.277 e. The van der Waals surface area contributed by atoms with Crippen molar-refractivity contribution in [3.05, 3.63) is 88.9 Å². The SMILES string of the molecule is COc1cccc(C=NNC(=O)COc2ccc(Cl)cc2)c1OCc1ccccc1. The van der Waals surface area contributed by atoms with Crippen LogP contribution >= 0.6 is 11.6 Å². The maximum atomic E-state index is 12.0. The lowest BCUT2D eigenvalue weighted by Crippen LogP contribution is -2.24. The third kappa shape index (κ3) is 6.25. The minimum absolute atomic E-state index is 0.172. The molecule has 0 aliphatic rings. The van der Waals surface area contributed by atoms with E-state index in [1.165, 1.54) is 6.21 Å². The van der Waals surface area contributed by atoms with Crippen LogP contribution in [-0.4, -0.2) is 25.8 Å². The molecule has 0 aliphatic carbocycles. The van der Waals surface area contributed by atoms with E-state index >= 15 is 0 Å². The monoisotopic (exact) mass is 424 g/mol. The van der Waals surface area contributed by atoms with E-state index < -0.39 is 5.91 Å². The number of hydrogen-bond donors (Lipinski definition) is 1. The molecule has 0 atom stereocenters. The zero-order chi connectivity index (χ0) is 21.2. The molecule has 0 bridgehead atoms. The Balaban J connectivity index is 1.59. The molecule has 0 unspecified atom stereocenters. The first-order valence-corrected chi connectivity index (χ1v) is 9.57. The molecule has 3 aromatic rings. The Bertz CT molecular complexity index is 992. The van der Waals surface area contributed by atoms with Crippen molar-refractivity contribution in [3.63, 3.8) is 0 Å². The van der Waals surface area contributed by atoms with Crippen LogP contribution in [0.4, 0.5) is 0 Å². The van der Waals surface area contributed by atoms with Crippen molar-refractivity contribution in [2.24, 2.45) is 5.10 Å². The predicted molar refractivity (Wildman–Crippen MR) is 116 cm³/mol. The van der Waals surface area contributed by atoms with Gasteiger partial charge in [0.1, 0.15) is 12.4 Å². The number of methoxy groups -OCH3 is 1. The lowest BCUT2D eigenvalue weighted by atomic mass is 10.2. The van der Waals surface area contributed by atoms with Crippen molar-refractivity contribution in [2.75, 3.05) is 13.7 Å². The molecule has 30 heavy (non-hydrogen) atoms. The topological polar surface area (TPSA) is 69.2 Å². The summed E-state index contributed by atoms with van der Waals surface area (Å²) in [7, 11) is 1.57. The van der Waals surface area contributed by atoms with Gasteiger partial charge in [0, 0.05) is 10.6 Å². The normalized spacial score (nSPS) is 10.6. The van der Waals surface area contributed by atoms with Gasteiger partial charge in [-0.2, -0.15) is 5.10 Å². The summed E-state index contributed by atoms with van der Waals surface area (Å²) in [6.45, 7) is 0.206. The molecule has 0 fully saturated rings. The van der Waals surface area contributed by atoms with Crippen LogP contribution in [0.5, 0.6) is 17.2 Å². The minimum atomic E-state index is -0.393. The van der Waals surface area contributed by atoms with Crippen molar-refractivity contribution in [1.82, 2.24) is 5.43 Å². The highest BCUT2D eigenvalue weighted by Gasteiger charge is 2.10. The molecule has 0 saturated carbocycles. The van der Waals surface area contributed by atoms with Crippen molar-refractivity contribution < 1.29 is 19.0 Å². The summed E-state index contributed by atoms with van der Waals surface area (Å²) in [6, 6.07) is 22.0. The van der Waals surface area contributed by atoms with E-state index in [-0.39, 0.29) is 6.61 Å². The van der Waals surface area contributed by atoms with E-state index in [9.17, 15) is 4.79 Å². The Kier molecular flexibility index (Phi) is 7.69. The van der Waals surface area contributed by atoms with Gasteiger partial charge >= 0.3 is 0 Å². The molecule has 7 heteroatoms. The molecule has 3 aromatic carbocycles. The number of nitrogens with one attached hydrogen (secondary N) is 1. The summed E-state index contributed by atoms with van der Waals surface area (Å²) in [5.41, 5.74) is 4.13. The van der Waals surface area contributed by atoms with E-state index in [0.717, 1.165) is 5.56 Å². The Morgan fingerprint density at radius 3 is 2.50 bits per heavy atom. The van der Waals surface area contributed by atoms with Crippen LogP contribution in [0.1, 0.15) is 11.1 Å². The largest absolute Gasteiger partial charge is 0.493 e. The molecule has 6 nitrogen and oxygen atoms in total. The van der Waals surface area contributed by atoms with Gasteiger partial charge in [-0.25, -0.2) is 5.43 Å². The summed E-state index contributed by atoms with van der Waals surface area (Å²) < 4.78 is 16.7. The van der Waals surface area contributed by atoms with E-state index in [1.54, 1.807) is 37.4 Å². The van der Waals surface area contributed by atoms with Crippen LogP contribution in [0.25, 0.3) is 0 Å². The number of rotatable bonds is 9. The summed E-state index contributed by atoms with van der Waals surface area (Å²) in [5.74, 6) is 1.27. The molecule has 0 spiro atoms. The van der Waals surface area contributed by atoms with Crippen molar-refractivity contribution in [1.29, 1.82) is 0 Å². The summed E-state index contributed by atoms with van der Waals surface area (Å²) in [4.78, 5) is 12.0. The number of carbonyl (C=O) groups excluding carboxylic acids is 1. The second kappa shape index (κ2) is 10.9. The molecule has 0 radical (unpaired) electrons. The van der Waals surface area contributed by atoms with Crippen LogP contribution in [-0.2, 0) is 11.4 Å². The van der Waals surface area contributed by atoms with Gasteiger partial charge in [-0.3, -0.25) is 4.79 Å². The highest BCUT2D eigenvalue weighted by molar-refractivity contribution is 6.30. The van der Waals surface area contributed by atoms with Crippen LogP contribution < -0.4 is 19.6 Å². The number of amides is 1. The average molecular weight is 425 g/mol. The lowest BCUT2D eigenvalue weighted by molar-refractivity contribution is -0.123. The number of hydrogen-bond acceptors (Lipinski definition) is 5. The van der Waals surface area contributed by atoms with Crippen molar-refractivity contribution in [3.8, 4) is 17.2 Å². The molecule has 3 rings (SSSR count). The summed E-state index contributed by atoms with van der Waals surface area (Å²) in [6.07, 6.45) is 1.50. The lowest BCUT2D eigenvalue weighted by Gasteiger charge is -2.13. The van der Waals surface area contributed by atoms with Gasteiger partial charge in [0.15, 0.2) is 18.1 Å². The average Bonchev–Trinajstić information content (AvgIpc) is 2.78. The Morgan fingerprint density at radius 1 is 1.00 bits per heavy atom. The highest BCUT2D eigenvalue weighted by atomic mass is 35.5. The number of ether oxygens (including phenoxy) is 3. The summed E-state index contributed by atoms with van der Waals surface area (Å²) >= 11 is 5.82. The highest BCUT2D eigenvalue weighted by Crippen LogP contribution is 2.30. The Morgan fingerprint density at radius 2 is 1.77 bits per heavy atom. The maximum absolute atomic E-state index is 12.0. The molecular weight excluding hydrogens is 404 g/mol. The van der Waals surface area contributed by atoms with Gasteiger partial charge in [0.25, 0.3) is 5.91 Å². The van der Waals surface area contributed by atoms with Gasteiger partial charge in [-0.1, -0.05) is 48.0 Å². The standard InChI is InChI=1S/C23H21ClN2O4/c1-28-21-9-5-8-18(23(21)30-15-17-6-3-2-4-7-17)14-25-26-22(27)16-29-20-12-10-19(24)11-13-20/h2-14H,15-16H2,1H3,(H,26,27). The van der Waals surface area contributed by atoms with Crippen LogP contribution in [0.3, 0.4) is 0 Å². The second-order valence-electron chi connectivity index (χ2n) is 6.19. The molecule has 1 amide bonds. The zero-order valence-electron chi connectivity index (χ0n) is 16.4. The first kappa shape index (κ1) is 21.2. The number of halogens is 1. The molecule has 0 heterocycles. The molecule has 0 aromatic heterocycles. The Labute approximate surface area is 180 Å². The van der Waals surface area contributed by atoms with Crippen molar-refractivity contribution >= 4 is 23.7 Å². The van der Waals surface area contributed by atoms with Gasteiger partial charge in [0.05, 0.1) is 13.3 Å². The molecule has 0 aliphatic heterocycles. The Hall–Kier alpha value is -3.51. The van der Waals surface area contributed by atoms with E-state index in [2.05, 4.69) is 10.5 Å². The maximum Gasteiger partial charge on any atom is 0.277 e. The minimum Gasteiger partial charge on any atom is -0.493 e. The van der Waals surface area contributed by atoms with Gasteiger partial charge < -0.3 is 14.2 Å². The number of para-hydroxylation sites is 1. The first-order valence-electron chi connectivity index (χ1n) is 9.19. The van der Waals surface area contributed by atoms with Crippen LogP contribution in [0.15, 0.2) is 77.9 Å². The van der Waals surface area contributed by atoms with E-state index in [4.69, 9.17) is 25.8 Å². The fourth-order valence-corrected chi connectivity index (χ4v) is 2.69. The fraction of sp³-hybridized carbons (Fsp3) is 0.130. The molecule has 1 N–H and O–H groups in total. The number of hydrazone groups is 1. The van der Waals surface area contributed by atoms with Crippen LogP contribution in [0, 0.1) is 0 Å². The summed E-state index contributed by atoms with van der Waals surface area (Å²) in [5, 5.41) is 4.59. The van der Waals surface area contributed by atoms with Gasteiger partial charge in [-0.05, 0) is 42.0 Å². The number of benzene rings is 3. The fourth-order valence-electron chi connectivity index (χ4n) is 2.57. The third-order valence-electron chi connectivity index (χ3n) is 4.03. The quantitative estimate of drug-likeness (QED) is 0.407. The second-order valence-corrected chi connectivity index (χ2v) is 6.63. The van der Waals surface area contributed by atoms with E-state index in [1.807, 2.05) is 42.5 Å². The number of carbonyl (C=O) groups is 1. The molecule has 0 saturated heterocycles. The van der Waals surface area contributed by atoms with Gasteiger partial charge in [-0.15, -0.1) is 0 Å². The predicted octanol–water partition coefficient (Wildman–Crippen LogP) is 4.46. The first-order chi connectivity index (χ1) is 14.7. The number of nitrogens with zero attached hydrogens (tertiary/aromatic N) is 1. The van der Waals surface area contributed by atoms with Gasteiger partial charge in [0.2, 0.25) is 0 Å². The van der Waals surface area contributed by atoms with E-state index in [0.29, 0.717) is 34.4 Å². The molecular formula is C23H21ClN2O4.